The van der Waals surface area contributed by atoms with Gasteiger partial charge in [-0.2, -0.15) is 0 Å². The Bertz CT molecular complexity index is 1070. The predicted molar refractivity (Wildman–Crippen MR) is 125 cm³/mol. The monoisotopic (exact) mass is 416 g/mol. The van der Waals surface area contributed by atoms with E-state index < -0.39 is 0 Å². The van der Waals surface area contributed by atoms with Crippen molar-refractivity contribution in [1.29, 1.82) is 0 Å². The molecule has 4 rings (SSSR count). The highest BCUT2D eigenvalue weighted by Crippen LogP contribution is 2.15. The highest BCUT2D eigenvalue weighted by molar-refractivity contribution is 5.81. The first-order valence-electron chi connectivity index (χ1n) is 10.5. The SMILES string of the molecule is COc1ccc(CN=C(NCCc2cc3ccccc3[nH]2)NCCc2ccco2)cc1. The second-order valence-electron chi connectivity index (χ2n) is 7.33. The van der Waals surface area contributed by atoms with E-state index in [1.54, 1.807) is 13.4 Å². The van der Waals surface area contributed by atoms with Crippen LogP contribution in [0.5, 0.6) is 5.75 Å². The number of hydrogen-bond donors (Lipinski definition) is 3. The second-order valence-corrected chi connectivity index (χ2v) is 7.33. The summed E-state index contributed by atoms with van der Waals surface area (Å²) in [6, 6.07) is 22.4. The maximum Gasteiger partial charge on any atom is 0.191 e. The lowest BCUT2D eigenvalue weighted by Crippen LogP contribution is -2.39. The number of guanidine groups is 1. The fraction of sp³-hybridized carbons (Fsp3) is 0.240. The summed E-state index contributed by atoms with van der Waals surface area (Å²) in [6.45, 7) is 2.11. The molecule has 160 valence electrons. The molecule has 2 heterocycles. The standard InChI is InChI=1S/C25H28N4O2/c1-30-22-10-8-19(9-11-22)18-28-25(27-15-13-23-6-4-16-31-23)26-14-12-21-17-20-5-2-3-7-24(20)29-21/h2-11,16-17,29H,12-15,18H2,1H3,(H2,26,27,28). The molecule has 0 fully saturated rings. The van der Waals surface area contributed by atoms with Gasteiger partial charge in [0, 0.05) is 37.1 Å². The van der Waals surface area contributed by atoms with Gasteiger partial charge in [0.25, 0.3) is 0 Å². The minimum Gasteiger partial charge on any atom is -0.497 e. The van der Waals surface area contributed by atoms with Gasteiger partial charge in [-0.25, -0.2) is 4.99 Å². The van der Waals surface area contributed by atoms with Crippen LogP contribution in [0.1, 0.15) is 17.0 Å². The molecule has 0 bridgehead atoms. The normalized spacial score (nSPS) is 11.6. The van der Waals surface area contributed by atoms with Crippen molar-refractivity contribution in [1.82, 2.24) is 15.6 Å². The van der Waals surface area contributed by atoms with Crippen LogP contribution in [0.4, 0.5) is 0 Å². The average molecular weight is 417 g/mol. The van der Waals surface area contributed by atoms with E-state index in [-0.39, 0.29) is 0 Å². The van der Waals surface area contributed by atoms with E-state index >= 15 is 0 Å². The molecule has 0 atom stereocenters. The molecule has 0 aliphatic rings. The number of aromatic nitrogens is 1. The fourth-order valence-corrected chi connectivity index (χ4v) is 3.42. The predicted octanol–water partition coefficient (Wildman–Crippen LogP) is 4.29. The van der Waals surface area contributed by atoms with Crippen LogP contribution in [0, 0.1) is 0 Å². The molecular formula is C25H28N4O2. The fourth-order valence-electron chi connectivity index (χ4n) is 3.42. The summed E-state index contributed by atoms with van der Waals surface area (Å²) in [5.41, 5.74) is 3.50. The number of fused-ring (bicyclic) bond motifs is 1. The van der Waals surface area contributed by atoms with Crippen LogP contribution in [0.2, 0.25) is 0 Å². The molecule has 0 saturated heterocycles. The summed E-state index contributed by atoms with van der Waals surface area (Å²) in [7, 11) is 1.67. The highest BCUT2D eigenvalue weighted by Gasteiger charge is 2.04. The van der Waals surface area contributed by atoms with Crippen LogP contribution >= 0.6 is 0 Å². The average Bonchev–Trinajstić information content (AvgIpc) is 3.47. The van der Waals surface area contributed by atoms with Crippen molar-refractivity contribution in [3.63, 3.8) is 0 Å². The Labute approximate surface area is 182 Å². The Kier molecular flexibility index (Phi) is 6.90. The number of furan rings is 1. The number of para-hydroxylation sites is 1. The maximum absolute atomic E-state index is 5.42. The molecule has 0 saturated carbocycles. The van der Waals surface area contributed by atoms with Crippen LogP contribution in [-0.4, -0.2) is 31.1 Å². The smallest absolute Gasteiger partial charge is 0.191 e. The van der Waals surface area contributed by atoms with Crippen LogP contribution in [0.15, 0.2) is 82.4 Å². The van der Waals surface area contributed by atoms with E-state index in [0.717, 1.165) is 49.0 Å². The maximum atomic E-state index is 5.42. The molecule has 0 spiro atoms. The van der Waals surface area contributed by atoms with Gasteiger partial charge >= 0.3 is 0 Å². The quantitative estimate of drug-likeness (QED) is 0.281. The molecule has 4 aromatic rings. The van der Waals surface area contributed by atoms with Crippen molar-refractivity contribution in [2.75, 3.05) is 20.2 Å². The van der Waals surface area contributed by atoms with Crippen molar-refractivity contribution < 1.29 is 9.15 Å². The first-order chi connectivity index (χ1) is 15.3. The van der Waals surface area contributed by atoms with Gasteiger partial charge in [-0.15, -0.1) is 0 Å². The molecule has 3 N–H and O–H groups in total. The molecule has 0 radical (unpaired) electrons. The number of hydrogen-bond acceptors (Lipinski definition) is 3. The summed E-state index contributed by atoms with van der Waals surface area (Å²) in [4.78, 5) is 8.23. The zero-order valence-corrected chi connectivity index (χ0v) is 17.7. The first-order valence-corrected chi connectivity index (χ1v) is 10.5. The Hall–Kier alpha value is -3.67. The summed E-state index contributed by atoms with van der Waals surface area (Å²) in [5.74, 6) is 2.60. The third-order valence-corrected chi connectivity index (χ3v) is 5.10. The van der Waals surface area contributed by atoms with Gasteiger partial charge in [-0.05, 0) is 47.3 Å². The van der Waals surface area contributed by atoms with Crippen LogP contribution < -0.4 is 15.4 Å². The van der Waals surface area contributed by atoms with Gasteiger partial charge in [-0.1, -0.05) is 30.3 Å². The van der Waals surface area contributed by atoms with E-state index in [9.17, 15) is 0 Å². The van der Waals surface area contributed by atoms with Gasteiger partial charge < -0.3 is 24.8 Å². The third-order valence-electron chi connectivity index (χ3n) is 5.10. The second kappa shape index (κ2) is 10.4. The minimum atomic E-state index is 0.590. The Morgan fingerprint density at radius 1 is 0.968 bits per heavy atom. The summed E-state index contributed by atoms with van der Waals surface area (Å²) in [5, 5.41) is 8.10. The van der Waals surface area contributed by atoms with E-state index in [1.807, 2.05) is 42.5 Å². The van der Waals surface area contributed by atoms with Crippen molar-refractivity contribution in [3.05, 3.63) is 90.0 Å². The molecule has 2 aromatic heterocycles. The van der Waals surface area contributed by atoms with Crippen LogP contribution in [-0.2, 0) is 19.4 Å². The van der Waals surface area contributed by atoms with E-state index in [0.29, 0.717) is 6.54 Å². The molecule has 0 aliphatic carbocycles. The Balaban J connectivity index is 1.35. The molecular weight excluding hydrogens is 388 g/mol. The third kappa shape index (κ3) is 5.92. The number of benzene rings is 2. The van der Waals surface area contributed by atoms with E-state index in [4.69, 9.17) is 14.1 Å². The summed E-state index contributed by atoms with van der Waals surface area (Å²) < 4.78 is 10.6. The molecule has 31 heavy (non-hydrogen) atoms. The van der Waals surface area contributed by atoms with Gasteiger partial charge in [0.1, 0.15) is 11.5 Å². The lowest BCUT2D eigenvalue weighted by Gasteiger charge is -2.12. The van der Waals surface area contributed by atoms with Gasteiger partial charge in [0.2, 0.25) is 0 Å². The Morgan fingerprint density at radius 3 is 2.52 bits per heavy atom. The zero-order chi connectivity index (χ0) is 21.3. The zero-order valence-electron chi connectivity index (χ0n) is 17.7. The largest absolute Gasteiger partial charge is 0.497 e. The number of aromatic amines is 1. The minimum absolute atomic E-state index is 0.590. The number of H-pyrrole nitrogens is 1. The summed E-state index contributed by atoms with van der Waals surface area (Å²) in [6.07, 6.45) is 3.39. The molecule has 0 amide bonds. The number of ether oxygens (including phenoxy) is 1. The number of nitrogens with one attached hydrogen (secondary N) is 3. The highest BCUT2D eigenvalue weighted by atomic mass is 16.5. The van der Waals surface area contributed by atoms with Crippen LogP contribution in [0.3, 0.4) is 0 Å². The molecule has 0 aliphatic heterocycles. The summed E-state index contributed by atoms with van der Waals surface area (Å²) >= 11 is 0. The van der Waals surface area contributed by atoms with Crippen molar-refractivity contribution in [2.45, 2.75) is 19.4 Å². The van der Waals surface area contributed by atoms with Gasteiger partial charge in [0.15, 0.2) is 5.96 Å². The lowest BCUT2D eigenvalue weighted by molar-refractivity contribution is 0.414. The topological polar surface area (TPSA) is 74.6 Å². The molecule has 2 aromatic carbocycles. The van der Waals surface area contributed by atoms with Crippen molar-refractivity contribution in [3.8, 4) is 5.75 Å². The van der Waals surface area contributed by atoms with Gasteiger partial charge in [-0.3, -0.25) is 0 Å². The number of rotatable bonds is 9. The van der Waals surface area contributed by atoms with Gasteiger partial charge in [0.05, 0.1) is 19.9 Å². The van der Waals surface area contributed by atoms with Crippen LogP contribution in [0.25, 0.3) is 10.9 Å². The van der Waals surface area contributed by atoms with Crippen molar-refractivity contribution >= 4 is 16.9 Å². The van der Waals surface area contributed by atoms with E-state index in [1.165, 1.54) is 16.6 Å². The molecule has 6 nitrogen and oxygen atoms in total. The van der Waals surface area contributed by atoms with E-state index in [2.05, 4.69) is 39.9 Å². The molecule has 0 unspecified atom stereocenters. The number of methoxy groups -OCH3 is 1. The lowest BCUT2D eigenvalue weighted by atomic mass is 10.2. The first kappa shape index (κ1) is 20.6. The molecule has 6 heteroatoms. The Morgan fingerprint density at radius 2 is 1.77 bits per heavy atom. The number of aliphatic imine (C=N–C) groups is 1. The number of nitrogens with zero attached hydrogens (tertiary/aromatic N) is 1. The van der Waals surface area contributed by atoms with Crippen molar-refractivity contribution in [2.24, 2.45) is 4.99 Å².